The first kappa shape index (κ1) is 10.9. The number of carbonyl (C=O) groups is 1. The fourth-order valence-corrected chi connectivity index (χ4v) is 1.43. The lowest BCUT2D eigenvalue weighted by molar-refractivity contribution is 0.0995. The highest BCUT2D eigenvalue weighted by Crippen LogP contribution is 2.29. The Hall–Kier alpha value is -1.58. The molecule has 0 radical (unpaired) electrons. The summed E-state index contributed by atoms with van der Waals surface area (Å²) >= 11 is 0. The standard InChI is InChI=1S/C12H16N2O2/c1-7(2)10-5-9(12(13)15)11(6-14-10)16-8-3-4-8/h5-8H,3-4H2,1-2H3,(H2,13,15). The highest BCUT2D eigenvalue weighted by Gasteiger charge is 2.25. The zero-order valence-corrected chi connectivity index (χ0v) is 9.56. The van der Waals surface area contributed by atoms with E-state index in [0.717, 1.165) is 18.5 Å². The zero-order chi connectivity index (χ0) is 11.7. The first-order valence-corrected chi connectivity index (χ1v) is 5.54. The summed E-state index contributed by atoms with van der Waals surface area (Å²) in [4.78, 5) is 15.6. The van der Waals surface area contributed by atoms with E-state index in [1.165, 1.54) is 0 Å². The summed E-state index contributed by atoms with van der Waals surface area (Å²) < 4.78 is 5.59. The lowest BCUT2D eigenvalue weighted by Crippen LogP contribution is -2.15. The Morgan fingerprint density at radius 2 is 2.25 bits per heavy atom. The number of hydrogen-bond acceptors (Lipinski definition) is 3. The molecule has 0 atom stereocenters. The highest BCUT2D eigenvalue weighted by atomic mass is 16.5. The van der Waals surface area contributed by atoms with Crippen LogP contribution in [-0.4, -0.2) is 17.0 Å². The van der Waals surface area contributed by atoms with Crippen molar-refractivity contribution in [3.63, 3.8) is 0 Å². The zero-order valence-electron chi connectivity index (χ0n) is 9.56. The molecule has 1 aromatic rings. The van der Waals surface area contributed by atoms with Gasteiger partial charge in [0, 0.05) is 5.69 Å². The third kappa shape index (κ3) is 2.32. The van der Waals surface area contributed by atoms with Crippen LogP contribution >= 0.6 is 0 Å². The van der Waals surface area contributed by atoms with Crippen molar-refractivity contribution < 1.29 is 9.53 Å². The van der Waals surface area contributed by atoms with Gasteiger partial charge in [-0.3, -0.25) is 9.78 Å². The number of primary amides is 1. The minimum absolute atomic E-state index is 0.241. The Bertz CT molecular complexity index is 411. The number of ether oxygens (including phenoxy) is 1. The van der Waals surface area contributed by atoms with Crippen LogP contribution in [0, 0.1) is 0 Å². The number of rotatable bonds is 4. The molecular formula is C12H16N2O2. The van der Waals surface area contributed by atoms with Crippen LogP contribution in [0.4, 0.5) is 0 Å². The van der Waals surface area contributed by atoms with E-state index in [-0.39, 0.29) is 12.0 Å². The molecule has 1 aromatic heterocycles. The van der Waals surface area contributed by atoms with E-state index in [2.05, 4.69) is 4.98 Å². The fourth-order valence-electron chi connectivity index (χ4n) is 1.43. The van der Waals surface area contributed by atoms with Gasteiger partial charge in [0.2, 0.25) is 0 Å². The van der Waals surface area contributed by atoms with Gasteiger partial charge in [0.05, 0.1) is 17.9 Å². The molecule has 1 fully saturated rings. The largest absolute Gasteiger partial charge is 0.488 e. The Kier molecular flexibility index (Phi) is 2.81. The number of nitrogens with two attached hydrogens (primary N) is 1. The molecule has 0 aliphatic heterocycles. The molecule has 4 nitrogen and oxygen atoms in total. The van der Waals surface area contributed by atoms with E-state index in [4.69, 9.17) is 10.5 Å². The summed E-state index contributed by atoms with van der Waals surface area (Å²) in [7, 11) is 0. The molecule has 1 aliphatic rings. The first-order valence-electron chi connectivity index (χ1n) is 5.54. The number of aromatic nitrogens is 1. The average Bonchev–Trinajstić information content (AvgIpc) is 3.01. The van der Waals surface area contributed by atoms with Gasteiger partial charge in [-0.2, -0.15) is 0 Å². The van der Waals surface area contributed by atoms with Crippen molar-refractivity contribution in [2.24, 2.45) is 5.73 Å². The summed E-state index contributed by atoms with van der Waals surface area (Å²) in [6.45, 7) is 4.04. The molecule has 1 amide bonds. The van der Waals surface area contributed by atoms with E-state index in [1.54, 1.807) is 12.3 Å². The van der Waals surface area contributed by atoms with Crippen LogP contribution in [0.2, 0.25) is 0 Å². The molecule has 0 aromatic carbocycles. The molecule has 2 rings (SSSR count). The molecule has 0 bridgehead atoms. The van der Waals surface area contributed by atoms with Gasteiger partial charge in [0.1, 0.15) is 0 Å². The first-order chi connectivity index (χ1) is 7.58. The monoisotopic (exact) mass is 220 g/mol. The lowest BCUT2D eigenvalue weighted by atomic mass is 10.1. The Morgan fingerprint density at radius 3 is 2.75 bits per heavy atom. The Labute approximate surface area is 94.8 Å². The summed E-state index contributed by atoms with van der Waals surface area (Å²) in [5, 5.41) is 0. The molecular weight excluding hydrogens is 204 g/mol. The lowest BCUT2D eigenvalue weighted by Gasteiger charge is -2.11. The van der Waals surface area contributed by atoms with Gasteiger partial charge < -0.3 is 10.5 Å². The Balaban J connectivity index is 2.32. The maximum atomic E-state index is 11.3. The molecule has 0 unspecified atom stereocenters. The normalized spacial score (nSPS) is 15.2. The second kappa shape index (κ2) is 4.12. The van der Waals surface area contributed by atoms with Gasteiger partial charge >= 0.3 is 0 Å². The molecule has 4 heteroatoms. The second-order valence-electron chi connectivity index (χ2n) is 4.44. The smallest absolute Gasteiger partial charge is 0.252 e. The SMILES string of the molecule is CC(C)c1cc(C(N)=O)c(OC2CC2)cn1. The third-order valence-electron chi connectivity index (χ3n) is 2.56. The topological polar surface area (TPSA) is 65.2 Å². The van der Waals surface area contributed by atoms with Gasteiger partial charge in [-0.05, 0) is 24.8 Å². The van der Waals surface area contributed by atoms with Crippen molar-refractivity contribution in [1.29, 1.82) is 0 Å². The van der Waals surface area contributed by atoms with Crippen LogP contribution in [0.1, 0.15) is 48.7 Å². The number of amides is 1. The molecule has 0 spiro atoms. The fraction of sp³-hybridized carbons (Fsp3) is 0.500. The predicted molar refractivity (Wildman–Crippen MR) is 60.5 cm³/mol. The van der Waals surface area contributed by atoms with Crippen LogP contribution in [-0.2, 0) is 0 Å². The number of hydrogen-bond donors (Lipinski definition) is 1. The van der Waals surface area contributed by atoms with Gasteiger partial charge in [0.15, 0.2) is 5.75 Å². The second-order valence-corrected chi connectivity index (χ2v) is 4.44. The van der Waals surface area contributed by atoms with Crippen molar-refractivity contribution in [3.05, 3.63) is 23.5 Å². The minimum atomic E-state index is -0.458. The summed E-state index contributed by atoms with van der Waals surface area (Å²) in [6.07, 6.45) is 3.94. The average molecular weight is 220 g/mol. The Morgan fingerprint density at radius 1 is 1.56 bits per heavy atom. The van der Waals surface area contributed by atoms with Crippen molar-refractivity contribution >= 4 is 5.91 Å². The van der Waals surface area contributed by atoms with E-state index in [9.17, 15) is 4.79 Å². The minimum Gasteiger partial charge on any atom is -0.488 e. The van der Waals surface area contributed by atoms with Gasteiger partial charge in [-0.25, -0.2) is 0 Å². The molecule has 86 valence electrons. The van der Waals surface area contributed by atoms with Gasteiger partial charge in [-0.15, -0.1) is 0 Å². The maximum absolute atomic E-state index is 11.3. The molecule has 1 aliphatic carbocycles. The van der Waals surface area contributed by atoms with Crippen molar-refractivity contribution in [3.8, 4) is 5.75 Å². The van der Waals surface area contributed by atoms with E-state index in [0.29, 0.717) is 11.3 Å². The highest BCUT2D eigenvalue weighted by molar-refractivity contribution is 5.95. The molecule has 1 saturated carbocycles. The molecule has 0 saturated heterocycles. The van der Waals surface area contributed by atoms with Crippen molar-refractivity contribution in [2.75, 3.05) is 0 Å². The molecule has 16 heavy (non-hydrogen) atoms. The van der Waals surface area contributed by atoms with Crippen molar-refractivity contribution in [1.82, 2.24) is 4.98 Å². The van der Waals surface area contributed by atoms with E-state index < -0.39 is 5.91 Å². The van der Waals surface area contributed by atoms with Crippen LogP contribution in [0.3, 0.4) is 0 Å². The number of pyridine rings is 1. The van der Waals surface area contributed by atoms with E-state index in [1.807, 2.05) is 13.8 Å². The third-order valence-corrected chi connectivity index (χ3v) is 2.56. The van der Waals surface area contributed by atoms with Crippen LogP contribution in [0.5, 0.6) is 5.75 Å². The predicted octanol–water partition coefficient (Wildman–Crippen LogP) is 1.85. The molecule has 1 heterocycles. The van der Waals surface area contributed by atoms with Gasteiger partial charge in [-0.1, -0.05) is 13.8 Å². The van der Waals surface area contributed by atoms with Crippen LogP contribution < -0.4 is 10.5 Å². The quantitative estimate of drug-likeness (QED) is 0.842. The molecule has 2 N–H and O–H groups in total. The van der Waals surface area contributed by atoms with Crippen LogP contribution in [0.15, 0.2) is 12.3 Å². The number of carbonyl (C=O) groups excluding carboxylic acids is 1. The number of nitrogens with zero attached hydrogens (tertiary/aromatic N) is 1. The van der Waals surface area contributed by atoms with Crippen molar-refractivity contribution in [2.45, 2.75) is 38.7 Å². The van der Waals surface area contributed by atoms with Gasteiger partial charge in [0.25, 0.3) is 5.91 Å². The van der Waals surface area contributed by atoms with Crippen LogP contribution in [0.25, 0.3) is 0 Å². The maximum Gasteiger partial charge on any atom is 0.252 e. The van der Waals surface area contributed by atoms with E-state index >= 15 is 0 Å². The summed E-state index contributed by atoms with van der Waals surface area (Å²) in [5.74, 6) is 0.326. The summed E-state index contributed by atoms with van der Waals surface area (Å²) in [6, 6.07) is 1.73. The summed E-state index contributed by atoms with van der Waals surface area (Å²) in [5.41, 5.74) is 6.63.